The van der Waals surface area contributed by atoms with Crippen molar-refractivity contribution in [1.82, 2.24) is 5.32 Å². The molecule has 1 aromatic carbocycles. The van der Waals surface area contributed by atoms with Crippen molar-refractivity contribution >= 4 is 23.6 Å². The number of hydrogen-bond acceptors (Lipinski definition) is 2. The Bertz CT molecular complexity index is 497. The van der Waals surface area contributed by atoms with E-state index >= 15 is 0 Å². The maximum Gasteiger partial charge on any atom is 0.303 e. The maximum absolute atomic E-state index is 10.5. The van der Waals surface area contributed by atoms with Gasteiger partial charge < -0.3 is 10.4 Å². The van der Waals surface area contributed by atoms with Crippen molar-refractivity contribution in [2.45, 2.75) is 25.3 Å². The van der Waals surface area contributed by atoms with Gasteiger partial charge in [-0.05, 0) is 42.6 Å². The predicted octanol–water partition coefficient (Wildman–Crippen LogP) is 3.03. The largest absolute Gasteiger partial charge is 0.481 e. The summed E-state index contributed by atoms with van der Waals surface area (Å²) in [6.07, 6.45) is 5.66. The molecular weight excluding hydrogens is 250 g/mol. The fourth-order valence-corrected chi connectivity index (χ4v) is 2.60. The van der Waals surface area contributed by atoms with Crippen molar-refractivity contribution in [2.24, 2.45) is 0 Å². The minimum atomic E-state index is -0.762. The van der Waals surface area contributed by atoms with Crippen LogP contribution in [0, 0.1) is 0 Å². The summed E-state index contributed by atoms with van der Waals surface area (Å²) in [7, 11) is 1.92. The normalized spacial score (nSPS) is 16.9. The molecule has 0 saturated carbocycles. The Morgan fingerprint density at radius 2 is 2.28 bits per heavy atom. The Morgan fingerprint density at radius 1 is 1.50 bits per heavy atom. The Balaban J connectivity index is 2.22. The number of hydrogen-bond donors (Lipinski definition) is 2. The molecule has 3 nitrogen and oxygen atoms in total. The van der Waals surface area contributed by atoms with Gasteiger partial charge >= 0.3 is 5.97 Å². The van der Waals surface area contributed by atoms with Gasteiger partial charge in [0, 0.05) is 11.4 Å². The summed E-state index contributed by atoms with van der Waals surface area (Å²) in [5.41, 5.74) is 3.42. The van der Waals surface area contributed by atoms with Gasteiger partial charge in [-0.25, -0.2) is 0 Å². The van der Waals surface area contributed by atoms with Gasteiger partial charge in [0.15, 0.2) is 0 Å². The Kier molecular flexibility index (Phi) is 4.04. The number of benzene rings is 1. The van der Waals surface area contributed by atoms with Crippen LogP contribution in [-0.4, -0.2) is 18.1 Å². The van der Waals surface area contributed by atoms with Crippen LogP contribution in [0.3, 0.4) is 0 Å². The Morgan fingerprint density at radius 3 is 2.94 bits per heavy atom. The number of fused-ring (bicyclic) bond motifs is 1. The SMILES string of the molecule is CNC1C=Cc2c1ccc(Cl)c2CCCC(=O)O. The van der Waals surface area contributed by atoms with Crippen LogP contribution in [0.25, 0.3) is 6.08 Å². The molecule has 0 amide bonds. The number of halogens is 1. The molecule has 0 aromatic heterocycles. The summed E-state index contributed by atoms with van der Waals surface area (Å²) < 4.78 is 0. The standard InChI is InChI=1S/C14H16ClNO2/c1-16-13-8-6-9-10(3-2-4-14(17)18)12(15)7-5-11(9)13/h5-8,13,16H,2-4H2,1H3,(H,17,18). The summed E-state index contributed by atoms with van der Waals surface area (Å²) in [5, 5.41) is 12.6. The molecule has 0 spiro atoms. The van der Waals surface area contributed by atoms with Crippen LogP contribution >= 0.6 is 11.6 Å². The smallest absolute Gasteiger partial charge is 0.303 e. The summed E-state index contributed by atoms with van der Waals surface area (Å²) in [4.78, 5) is 10.5. The first kappa shape index (κ1) is 13.1. The van der Waals surface area contributed by atoms with Crippen LogP contribution in [0.2, 0.25) is 5.02 Å². The number of aliphatic carboxylic acids is 1. The van der Waals surface area contributed by atoms with Gasteiger partial charge in [0.1, 0.15) is 0 Å². The summed E-state index contributed by atoms with van der Waals surface area (Å²) in [6.45, 7) is 0. The van der Waals surface area contributed by atoms with Crippen LogP contribution in [0.5, 0.6) is 0 Å². The third-order valence-electron chi connectivity index (χ3n) is 3.25. The van der Waals surface area contributed by atoms with Crippen molar-refractivity contribution in [3.63, 3.8) is 0 Å². The van der Waals surface area contributed by atoms with Gasteiger partial charge in [-0.3, -0.25) is 4.79 Å². The average Bonchev–Trinajstić information content (AvgIpc) is 2.74. The first-order valence-electron chi connectivity index (χ1n) is 6.02. The van der Waals surface area contributed by atoms with Crippen molar-refractivity contribution in [1.29, 1.82) is 0 Å². The molecule has 2 N–H and O–H groups in total. The van der Waals surface area contributed by atoms with E-state index in [1.807, 2.05) is 19.2 Å². The van der Waals surface area contributed by atoms with E-state index < -0.39 is 5.97 Å². The minimum Gasteiger partial charge on any atom is -0.481 e. The van der Waals surface area contributed by atoms with Gasteiger partial charge in [-0.1, -0.05) is 29.8 Å². The second-order valence-corrected chi connectivity index (χ2v) is 4.81. The van der Waals surface area contributed by atoms with Crippen LogP contribution in [0.15, 0.2) is 18.2 Å². The fraction of sp³-hybridized carbons (Fsp3) is 0.357. The molecule has 1 aliphatic carbocycles. The molecule has 0 bridgehead atoms. The molecule has 4 heteroatoms. The Labute approximate surface area is 111 Å². The molecule has 2 rings (SSSR count). The van der Waals surface area contributed by atoms with E-state index in [9.17, 15) is 4.79 Å². The number of carboxylic acid groups (broad SMARTS) is 1. The monoisotopic (exact) mass is 265 g/mol. The lowest BCUT2D eigenvalue weighted by Crippen LogP contribution is -2.12. The van der Waals surface area contributed by atoms with E-state index in [0.717, 1.165) is 16.1 Å². The lowest BCUT2D eigenvalue weighted by atomic mass is 9.97. The average molecular weight is 266 g/mol. The number of nitrogens with one attached hydrogen (secondary N) is 1. The number of rotatable bonds is 5. The zero-order valence-corrected chi connectivity index (χ0v) is 11.0. The minimum absolute atomic E-state index is 0.180. The third kappa shape index (κ3) is 2.57. The molecule has 96 valence electrons. The quantitative estimate of drug-likeness (QED) is 0.860. The van der Waals surface area contributed by atoms with E-state index in [1.54, 1.807) is 0 Å². The second-order valence-electron chi connectivity index (χ2n) is 4.40. The maximum atomic E-state index is 10.5. The number of likely N-dealkylation sites (N-methyl/N-ethyl adjacent to an activating group) is 1. The van der Waals surface area contributed by atoms with Gasteiger partial charge in [0.05, 0.1) is 6.04 Å². The molecule has 0 radical (unpaired) electrons. The highest BCUT2D eigenvalue weighted by Crippen LogP contribution is 2.34. The molecule has 0 saturated heterocycles. The lowest BCUT2D eigenvalue weighted by molar-refractivity contribution is -0.137. The van der Waals surface area contributed by atoms with Gasteiger partial charge in [0.2, 0.25) is 0 Å². The molecule has 0 heterocycles. The van der Waals surface area contributed by atoms with Gasteiger partial charge in [0.25, 0.3) is 0 Å². The first-order chi connectivity index (χ1) is 8.63. The molecule has 1 atom stereocenters. The lowest BCUT2D eigenvalue weighted by Gasteiger charge is -2.13. The molecule has 0 aliphatic heterocycles. The molecule has 1 unspecified atom stereocenters. The second kappa shape index (κ2) is 5.55. The van der Waals surface area contributed by atoms with Crippen molar-refractivity contribution in [3.05, 3.63) is 39.9 Å². The predicted molar refractivity (Wildman–Crippen MR) is 72.9 cm³/mol. The summed E-state index contributed by atoms with van der Waals surface area (Å²) >= 11 is 6.21. The molecular formula is C14H16ClNO2. The highest BCUT2D eigenvalue weighted by atomic mass is 35.5. The summed E-state index contributed by atoms with van der Waals surface area (Å²) in [6, 6.07) is 4.16. The summed E-state index contributed by atoms with van der Waals surface area (Å²) in [5.74, 6) is -0.762. The zero-order valence-electron chi connectivity index (χ0n) is 10.2. The van der Waals surface area contributed by atoms with E-state index in [2.05, 4.69) is 17.5 Å². The number of carboxylic acids is 1. The van der Waals surface area contributed by atoms with E-state index in [1.165, 1.54) is 5.56 Å². The zero-order chi connectivity index (χ0) is 13.1. The van der Waals surface area contributed by atoms with E-state index in [4.69, 9.17) is 16.7 Å². The van der Waals surface area contributed by atoms with Crippen LogP contribution in [0.4, 0.5) is 0 Å². The van der Waals surface area contributed by atoms with Crippen molar-refractivity contribution < 1.29 is 9.90 Å². The highest BCUT2D eigenvalue weighted by molar-refractivity contribution is 6.31. The van der Waals surface area contributed by atoms with Crippen molar-refractivity contribution in [2.75, 3.05) is 7.05 Å². The van der Waals surface area contributed by atoms with E-state index in [0.29, 0.717) is 12.8 Å². The van der Waals surface area contributed by atoms with Crippen LogP contribution in [0.1, 0.15) is 35.6 Å². The Hall–Kier alpha value is -1.32. The third-order valence-corrected chi connectivity index (χ3v) is 3.61. The van der Waals surface area contributed by atoms with Crippen molar-refractivity contribution in [3.8, 4) is 0 Å². The highest BCUT2D eigenvalue weighted by Gasteiger charge is 2.19. The van der Waals surface area contributed by atoms with Crippen LogP contribution < -0.4 is 5.32 Å². The van der Waals surface area contributed by atoms with Gasteiger partial charge in [-0.15, -0.1) is 0 Å². The number of carbonyl (C=O) groups is 1. The molecule has 1 aliphatic rings. The first-order valence-corrected chi connectivity index (χ1v) is 6.40. The molecule has 0 fully saturated rings. The molecule has 18 heavy (non-hydrogen) atoms. The topological polar surface area (TPSA) is 49.3 Å². The molecule has 1 aromatic rings. The fourth-order valence-electron chi connectivity index (χ4n) is 2.34. The van der Waals surface area contributed by atoms with Crippen LogP contribution in [-0.2, 0) is 11.2 Å². The van der Waals surface area contributed by atoms with E-state index in [-0.39, 0.29) is 12.5 Å². The van der Waals surface area contributed by atoms with Gasteiger partial charge in [-0.2, -0.15) is 0 Å².